The second-order valence-corrected chi connectivity index (χ2v) is 10.2. The number of fused-ring (bicyclic) bond motifs is 1. The average molecular weight is 524 g/mol. The maximum Gasteiger partial charge on any atom is 0.270 e. The Labute approximate surface area is 223 Å². The molecule has 0 aliphatic carbocycles. The lowest BCUT2D eigenvalue weighted by Crippen LogP contribution is -2.49. The Hall–Kier alpha value is -3.28. The molecule has 204 valence electrons. The van der Waals surface area contributed by atoms with E-state index in [1.807, 2.05) is 22.8 Å². The maximum atomic E-state index is 13.1. The summed E-state index contributed by atoms with van der Waals surface area (Å²) in [5.74, 6) is 0.798. The highest BCUT2D eigenvalue weighted by Gasteiger charge is 2.25. The first-order chi connectivity index (χ1) is 18.5. The molecule has 2 amide bonds. The lowest BCUT2D eigenvalue weighted by atomic mass is 10.00. The van der Waals surface area contributed by atoms with Gasteiger partial charge in [0.05, 0.1) is 25.4 Å². The van der Waals surface area contributed by atoms with Gasteiger partial charge in [-0.1, -0.05) is 31.2 Å². The number of amides is 2. The van der Waals surface area contributed by atoms with Crippen molar-refractivity contribution in [1.29, 1.82) is 0 Å². The van der Waals surface area contributed by atoms with Gasteiger partial charge in [-0.25, -0.2) is 4.98 Å². The number of hydrogen-bond acceptors (Lipinski definition) is 9. The van der Waals surface area contributed by atoms with E-state index in [0.717, 1.165) is 19.5 Å². The Morgan fingerprint density at radius 2 is 1.87 bits per heavy atom. The zero-order valence-corrected chi connectivity index (χ0v) is 21.9. The summed E-state index contributed by atoms with van der Waals surface area (Å²) in [7, 11) is 0. The lowest BCUT2D eigenvalue weighted by Gasteiger charge is -2.35. The molecule has 3 aliphatic rings. The van der Waals surface area contributed by atoms with Crippen LogP contribution < -0.4 is 15.5 Å². The van der Waals surface area contributed by atoms with Crippen molar-refractivity contribution in [1.82, 2.24) is 25.1 Å². The fourth-order valence-corrected chi connectivity index (χ4v) is 5.05. The molecule has 5 rings (SSSR count). The smallest absolute Gasteiger partial charge is 0.270 e. The number of hydrogen-bond donors (Lipinski definition) is 3. The number of β-amino-alcohol motifs (C(OH)–C–C–N with tert-alkyl or cyclic N) is 1. The van der Waals surface area contributed by atoms with Crippen LogP contribution in [-0.4, -0.2) is 108 Å². The predicted octanol–water partition coefficient (Wildman–Crippen LogP) is 0.495. The summed E-state index contributed by atoms with van der Waals surface area (Å²) in [6, 6.07) is 10.2. The lowest BCUT2D eigenvalue weighted by molar-refractivity contribution is -0.131. The van der Waals surface area contributed by atoms with E-state index < -0.39 is 6.10 Å². The Kier molecular flexibility index (Phi) is 8.35. The molecular formula is C27H37N7O4. The molecule has 11 heteroatoms. The molecule has 3 N–H and O–H groups in total. The molecule has 0 unspecified atom stereocenters. The second-order valence-electron chi connectivity index (χ2n) is 10.2. The van der Waals surface area contributed by atoms with Gasteiger partial charge in [-0.15, -0.1) is 0 Å². The van der Waals surface area contributed by atoms with Crippen LogP contribution in [0.1, 0.15) is 35.0 Å². The van der Waals surface area contributed by atoms with Gasteiger partial charge in [0.2, 0.25) is 11.9 Å². The average Bonchev–Trinajstić information content (AvgIpc) is 2.93. The molecule has 0 spiro atoms. The summed E-state index contributed by atoms with van der Waals surface area (Å²) in [6.07, 6.45) is 0.752. The van der Waals surface area contributed by atoms with Crippen molar-refractivity contribution in [3.8, 4) is 0 Å². The maximum absolute atomic E-state index is 13.1. The third kappa shape index (κ3) is 6.40. The Morgan fingerprint density at radius 1 is 1.11 bits per heavy atom. The number of aliphatic hydroxyl groups is 1. The largest absolute Gasteiger partial charge is 0.390 e. The van der Waals surface area contributed by atoms with Crippen LogP contribution in [0.4, 0.5) is 11.8 Å². The quantitative estimate of drug-likeness (QED) is 0.431. The van der Waals surface area contributed by atoms with Crippen LogP contribution in [0.2, 0.25) is 0 Å². The van der Waals surface area contributed by atoms with Gasteiger partial charge >= 0.3 is 0 Å². The number of aliphatic hydroxyl groups excluding tert-OH is 1. The van der Waals surface area contributed by atoms with Gasteiger partial charge in [0, 0.05) is 64.8 Å². The molecule has 1 atom stereocenters. The number of nitrogens with one attached hydrogen (secondary N) is 2. The minimum Gasteiger partial charge on any atom is -0.390 e. The second kappa shape index (κ2) is 12.1. The number of aromatic nitrogens is 2. The highest BCUT2D eigenvalue weighted by molar-refractivity contribution is 5.93. The van der Waals surface area contributed by atoms with Crippen LogP contribution in [0.3, 0.4) is 0 Å². The van der Waals surface area contributed by atoms with Gasteiger partial charge in [-0.3, -0.25) is 14.5 Å². The van der Waals surface area contributed by atoms with E-state index in [1.165, 1.54) is 11.1 Å². The van der Waals surface area contributed by atoms with Gasteiger partial charge in [0.25, 0.3) is 5.91 Å². The van der Waals surface area contributed by atoms with Crippen LogP contribution in [-0.2, 0) is 22.5 Å². The number of ether oxygens (including phenoxy) is 1. The summed E-state index contributed by atoms with van der Waals surface area (Å²) in [5, 5.41) is 16.8. The van der Waals surface area contributed by atoms with Gasteiger partial charge in [0.1, 0.15) is 11.5 Å². The number of benzene rings is 1. The SMILES string of the molecule is CCC(=O)N1CCN(c2nc(NC3COC3)cc(C(=O)NC[C@H](O)CN3CCc4ccccc4C3)n2)CC1. The molecule has 1 aromatic heterocycles. The van der Waals surface area contributed by atoms with E-state index in [2.05, 4.69) is 43.7 Å². The van der Waals surface area contributed by atoms with E-state index in [4.69, 9.17) is 4.74 Å². The van der Waals surface area contributed by atoms with Crippen molar-refractivity contribution < 1.29 is 19.4 Å². The third-order valence-electron chi connectivity index (χ3n) is 7.33. The van der Waals surface area contributed by atoms with Gasteiger partial charge in [-0.2, -0.15) is 4.98 Å². The van der Waals surface area contributed by atoms with E-state index >= 15 is 0 Å². The first-order valence-electron chi connectivity index (χ1n) is 13.5. The van der Waals surface area contributed by atoms with Crippen molar-refractivity contribution in [2.24, 2.45) is 0 Å². The van der Waals surface area contributed by atoms with Crippen LogP contribution in [0.25, 0.3) is 0 Å². The molecule has 0 bridgehead atoms. The van der Waals surface area contributed by atoms with Crippen LogP contribution in [0, 0.1) is 0 Å². The standard InChI is InChI=1S/C27H37N7O4/c1-2-25(36)33-9-11-34(12-10-33)27-30-23(13-24(31-27)29-21-17-38-18-21)26(37)28-14-22(35)16-32-8-7-19-5-3-4-6-20(19)15-32/h3-6,13,21-22,35H,2,7-12,14-18H2,1H3,(H,28,37)(H,29,30,31)/t22-/m0/s1. The van der Waals surface area contributed by atoms with E-state index in [0.29, 0.717) is 64.1 Å². The third-order valence-corrected chi connectivity index (χ3v) is 7.33. The molecule has 0 saturated carbocycles. The van der Waals surface area contributed by atoms with Gasteiger partial charge in [-0.05, 0) is 17.5 Å². The molecule has 1 aromatic carbocycles. The predicted molar refractivity (Wildman–Crippen MR) is 143 cm³/mol. The number of nitrogens with zero attached hydrogens (tertiary/aromatic N) is 5. The summed E-state index contributed by atoms with van der Waals surface area (Å²) in [6.45, 7) is 7.73. The number of carbonyl (C=O) groups excluding carboxylic acids is 2. The zero-order valence-electron chi connectivity index (χ0n) is 21.9. The summed E-state index contributed by atoms with van der Waals surface area (Å²) in [5.41, 5.74) is 2.89. The van der Waals surface area contributed by atoms with Crippen molar-refractivity contribution in [2.75, 3.05) is 69.2 Å². The number of rotatable bonds is 9. The summed E-state index contributed by atoms with van der Waals surface area (Å²) >= 11 is 0. The molecular weight excluding hydrogens is 486 g/mol. The van der Waals surface area contributed by atoms with E-state index in [-0.39, 0.29) is 30.1 Å². The summed E-state index contributed by atoms with van der Waals surface area (Å²) < 4.78 is 5.26. The monoisotopic (exact) mass is 523 g/mol. The number of carbonyl (C=O) groups is 2. The topological polar surface area (TPSA) is 123 Å². The molecule has 11 nitrogen and oxygen atoms in total. The molecule has 4 heterocycles. The van der Waals surface area contributed by atoms with Crippen molar-refractivity contribution >= 4 is 23.6 Å². The van der Waals surface area contributed by atoms with Crippen LogP contribution in [0.15, 0.2) is 30.3 Å². The fourth-order valence-electron chi connectivity index (χ4n) is 5.05. The molecule has 3 aliphatic heterocycles. The first kappa shape index (κ1) is 26.3. The molecule has 38 heavy (non-hydrogen) atoms. The molecule has 0 radical (unpaired) electrons. The molecule has 2 saturated heterocycles. The highest BCUT2D eigenvalue weighted by Crippen LogP contribution is 2.20. The Bertz CT molecular complexity index is 1130. The molecule has 2 fully saturated rings. The van der Waals surface area contributed by atoms with Gasteiger partial charge in [0.15, 0.2) is 0 Å². The number of anilines is 2. The van der Waals surface area contributed by atoms with Gasteiger partial charge < -0.3 is 30.3 Å². The Balaban J connectivity index is 1.20. The van der Waals surface area contributed by atoms with E-state index in [1.54, 1.807) is 6.07 Å². The number of piperazine rings is 1. The van der Waals surface area contributed by atoms with Crippen LogP contribution >= 0.6 is 0 Å². The minimum absolute atomic E-state index is 0.132. The van der Waals surface area contributed by atoms with Crippen molar-refractivity contribution in [3.63, 3.8) is 0 Å². The minimum atomic E-state index is -0.695. The van der Waals surface area contributed by atoms with Crippen LogP contribution in [0.5, 0.6) is 0 Å². The first-order valence-corrected chi connectivity index (χ1v) is 13.5. The Morgan fingerprint density at radius 3 is 2.58 bits per heavy atom. The molecule has 2 aromatic rings. The van der Waals surface area contributed by atoms with Crippen molar-refractivity contribution in [2.45, 2.75) is 38.5 Å². The normalized spacial score (nSPS) is 18.9. The summed E-state index contributed by atoms with van der Waals surface area (Å²) in [4.78, 5) is 40.4. The van der Waals surface area contributed by atoms with Crippen molar-refractivity contribution in [3.05, 3.63) is 47.2 Å². The zero-order chi connectivity index (χ0) is 26.5. The fraction of sp³-hybridized carbons (Fsp3) is 0.556. The van der Waals surface area contributed by atoms with E-state index in [9.17, 15) is 14.7 Å². The highest BCUT2D eigenvalue weighted by atomic mass is 16.5.